The number of hydrogen-bond donors (Lipinski definition) is 1. The van der Waals surface area contributed by atoms with Crippen molar-refractivity contribution in [3.8, 4) is 0 Å². The van der Waals surface area contributed by atoms with Crippen LogP contribution in [0.2, 0.25) is 0 Å². The number of rotatable bonds is 3. The van der Waals surface area contributed by atoms with Crippen molar-refractivity contribution >= 4 is 17.5 Å². The van der Waals surface area contributed by atoms with Crippen LogP contribution in [0.1, 0.15) is 10.4 Å². The maximum Gasteiger partial charge on any atom is 0.255 e. The van der Waals surface area contributed by atoms with E-state index in [0.717, 1.165) is 0 Å². The predicted octanol–water partition coefficient (Wildman–Crippen LogP) is 1.19. The molecular formula is C12H13N5O. The number of hydrogen-bond acceptors (Lipinski definition) is 5. The zero-order valence-electron chi connectivity index (χ0n) is 10.2. The van der Waals surface area contributed by atoms with Gasteiger partial charge in [-0.1, -0.05) is 0 Å². The molecule has 0 aliphatic rings. The molecule has 2 rings (SSSR count). The van der Waals surface area contributed by atoms with Crippen molar-refractivity contribution in [2.24, 2.45) is 0 Å². The van der Waals surface area contributed by atoms with Crippen LogP contribution in [0, 0.1) is 0 Å². The smallest absolute Gasteiger partial charge is 0.255 e. The Hall–Kier alpha value is -2.50. The largest absolute Gasteiger partial charge is 0.347 e. The normalized spacial score (nSPS) is 9.89. The van der Waals surface area contributed by atoms with Crippen LogP contribution >= 0.6 is 0 Å². The number of carbonyl (C=O) groups is 1. The van der Waals surface area contributed by atoms with Gasteiger partial charge < -0.3 is 10.2 Å². The van der Waals surface area contributed by atoms with Crippen molar-refractivity contribution < 1.29 is 4.79 Å². The van der Waals surface area contributed by atoms with E-state index in [1.807, 2.05) is 14.1 Å². The lowest BCUT2D eigenvalue weighted by molar-refractivity contribution is 0.102. The van der Waals surface area contributed by atoms with E-state index in [9.17, 15) is 4.79 Å². The van der Waals surface area contributed by atoms with Crippen molar-refractivity contribution in [1.29, 1.82) is 0 Å². The van der Waals surface area contributed by atoms with Crippen molar-refractivity contribution in [2.45, 2.75) is 0 Å². The summed E-state index contributed by atoms with van der Waals surface area (Å²) in [7, 11) is 3.70. The molecule has 0 atom stereocenters. The second kappa shape index (κ2) is 5.22. The van der Waals surface area contributed by atoms with Crippen LogP contribution in [-0.2, 0) is 0 Å². The van der Waals surface area contributed by atoms with Gasteiger partial charge >= 0.3 is 0 Å². The highest BCUT2D eigenvalue weighted by Crippen LogP contribution is 2.09. The van der Waals surface area contributed by atoms with Crippen LogP contribution in [0.15, 0.2) is 36.9 Å². The monoisotopic (exact) mass is 243 g/mol. The fraction of sp³-hybridized carbons (Fsp3) is 0.167. The van der Waals surface area contributed by atoms with Crippen LogP contribution < -0.4 is 10.2 Å². The lowest BCUT2D eigenvalue weighted by Crippen LogP contribution is -2.15. The van der Waals surface area contributed by atoms with Crippen molar-refractivity contribution in [1.82, 2.24) is 15.0 Å². The topological polar surface area (TPSA) is 71.0 Å². The molecule has 0 aromatic carbocycles. The van der Waals surface area contributed by atoms with Gasteiger partial charge in [0.2, 0.25) is 5.95 Å². The molecule has 0 radical (unpaired) electrons. The van der Waals surface area contributed by atoms with E-state index in [1.54, 1.807) is 41.8 Å². The number of amides is 1. The van der Waals surface area contributed by atoms with Gasteiger partial charge in [-0.3, -0.25) is 9.78 Å². The summed E-state index contributed by atoms with van der Waals surface area (Å²) in [5.74, 6) is 0.385. The van der Waals surface area contributed by atoms with Gasteiger partial charge in [0.15, 0.2) is 0 Å². The highest BCUT2D eigenvalue weighted by molar-refractivity contribution is 6.03. The van der Waals surface area contributed by atoms with Crippen LogP contribution in [-0.4, -0.2) is 35.0 Å². The first kappa shape index (κ1) is 12.0. The maximum absolute atomic E-state index is 11.8. The minimum Gasteiger partial charge on any atom is -0.347 e. The Balaban J connectivity index is 2.08. The van der Waals surface area contributed by atoms with E-state index < -0.39 is 0 Å². The second-order valence-corrected chi connectivity index (χ2v) is 3.86. The molecule has 0 saturated heterocycles. The van der Waals surface area contributed by atoms with Gasteiger partial charge in [0.25, 0.3) is 5.91 Å². The summed E-state index contributed by atoms with van der Waals surface area (Å²) in [6.07, 6.45) is 6.28. The van der Waals surface area contributed by atoms with E-state index in [-0.39, 0.29) is 5.91 Å². The summed E-state index contributed by atoms with van der Waals surface area (Å²) in [6.45, 7) is 0. The van der Waals surface area contributed by atoms with Gasteiger partial charge in [-0.05, 0) is 12.1 Å². The highest BCUT2D eigenvalue weighted by atomic mass is 16.1. The van der Waals surface area contributed by atoms with E-state index >= 15 is 0 Å². The number of nitrogens with one attached hydrogen (secondary N) is 1. The van der Waals surface area contributed by atoms with Crippen LogP contribution in [0.3, 0.4) is 0 Å². The number of pyridine rings is 1. The Bertz CT molecular complexity index is 524. The standard InChI is InChI=1S/C12H13N5O/c1-17(2)12-14-7-10(8-15-12)16-11(18)9-3-5-13-6-4-9/h3-8H,1-2H3,(H,16,18). The molecule has 0 aliphatic carbocycles. The molecule has 2 heterocycles. The highest BCUT2D eigenvalue weighted by Gasteiger charge is 2.06. The summed E-state index contributed by atoms with van der Waals surface area (Å²) in [5, 5.41) is 2.71. The number of carbonyl (C=O) groups excluding carboxylic acids is 1. The molecule has 92 valence electrons. The van der Waals surface area contributed by atoms with Gasteiger partial charge in [-0.2, -0.15) is 0 Å². The number of anilines is 2. The van der Waals surface area contributed by atoms with E-state index in [4.69, 9.17) is 0 Å². The molecule has 0 spiro atoms. The van der Waals surface area contributed by atoms with Crippen molar-refractivity contribution in [3.05, 3.63) is 42.5 Å². The second-order valence-electron chi connectivity index (χ2n) is 3.86. The van der Waals surface area contributed by atoms with E-state index in [1.165, 1.54) is 0 Å². The predicted molar refractivity (Wildman–Crippen MR) is 68.5 cm³/mol. The van der Waals surface area contributed by atoms with Crippen molar-refractivity contribution in [2.75, 3.05) is 24.3 Å². The third-order valence-electron chi connectivity index (χ3n) is 2.24. The molecule has 2 aromatic heterocycles. The Kier molecular flexibility index (Phi) is 3.47. The SMILES string of the molecule is CN(C)c1ncc(NC(=O)c2ccncc2)cn1. The van der Waals surface area contributed by atoms with Gasteiger partial charge in [0.1, 0.15) is 0 Å². The Morgan fingerprint density at radius 3 is 2.33 bits per heavy atom. The minimum atomic E-state index is -0.210. The molecule has 1 N–H and O–H groups in total. The Morgan fingerprint density at radius 2 is 1.78 bits per heavy atom. The van der Waals surface area contributed by atoms with Gasteiger partial charge in [-0.15, -0.1) is 0 Å². The van der Waals surface area contributed by atoms with Gasteiger partial charge in [0.05, 0.1) is 18.1 Å². The molecule has 6 nitrogen and oxygen atoms in total. The molecule has 2 aromatic rings. The average Bonchev–Trinajstić information content (AvgIpc) is 2.40. The van der Waals surface area contributed by atoms with Gasteiger partial charge in [-0.25, -0.2) is 9.97 Å². The van der Waals surface area contributed by atoms with Crippen molar-refractivity contribution in [3.63, 3.8) is 0 Å². The van der Waals surface area contributed by atoms with Crippen LogP contribution in [0.25, 0.3) is 0 Å². The van der Waals surface area contributed by atoms with Crippen LogP contribution in [0.5, 0.6) is 0 Å². The molecule has 0 aliphatic heterocycles. The van der Waals surface area contributed by atoms with E-state index in [2.05, 4.69) is 20.3 Å². The Morgan fingerprint density at radius 1 is 1.17 bits per heavy atom. The molecule has 0 unspecified atom stereocenters. The molecule has 6 heteroatoms. The lowest BCUT2D eigenvalue weighted by atomic mass is 10.2. The first-order valence-corrected chi connectivity index (χ1v) is 5.37. The zero-order chi connectivity index (χ0) is 13.0. The maximum atomic E-state index is 11.8. The molecule has 0 bridgehead atoms. The van der Waals surface area contributed by atoms with Gasteiger partial charge in [0, 0.05) is 32.1 Å². The fourth-order valence-electron chi connectivity index (χ4n) is 1.32. The molecular weight excluding hydrogens is 230 g/mol. The average molecular weight is 243 g/mol. The first-order valence-electron chi connectivity index (χ1n) is 5.37. The molecule has 18 heavy (non-hydrogen) atoms. The fourth-order valence-corrected chi connectivity index (χ4v) is 1.32. The summed E-state index contributed by atoms with van der Waals surface area (Å²) in [4.78, 5) is 25.7. The summed E-state index contributed by atoms with van der Waals surface area (Å²) in [5.41, 5.74) is 1.10. The third kappa shape index (κ3) is 2.79. The molecule has 0 fully saturated rings. The summed E-state index contributed by atoms with van der Waals surface area (Å²) >= 11 is 0. The van der Waals surface area contributed by atoms with Crippen LogP contribution in [0.4, 0.5) is 11.6 Å². The molecule has 1 amide bonds. The van der Waals surface area contributed by atoms with E-state index in [0.29, 0.717) is 17.2 Å². The third-order valence-corrected chi connectivity index (χ3v) is 2.24. The minimum absolute atomic E-state index is 0.210. The number of aromatic nitrogens is 3. The molecule has 0 saturated carbocycles. The zero-order valence-corrected chi connectivity index (χ0v) is 10.2. The summed E-state index contributed by atoms with van der Waals surface area (Å²) in [6, 6.07) is 3.29. The summed E-state index contributed by atoms with van der Waals surface area (Å²) < 4.78 is 0. The number of nitrogens with zero attached hydrogens (tertiary/aromatic N) is 4. The first-order chi connectivity index (χ1) is 8.66. The quantitative estimate of drug-likeness (QED) is 0.876. The lowest BCUT2D eigenvalue weighted by Gasteiger charge is -2.10. The Labute approximate surface area is 105 Å².